The predicted molar refractivity (Wildman–Crippen MR) is 96.0 cm³/mol. The number of rotatable bonds is 13. The van der Waals surface area contributed by atoms with Crippen molar-refractivity contribution in [3.8, 4) is 0 Å². The molecule has 0 fully saturated rings. The molecule has 0 bridgehead atoms. The molecule has 0 aromatic heterocycles. The van der Waals surface area contributed by atoms with Gasteiger partial charge in [0.05, 0.1) is 13.2 Å². The molecule has 0 rings (SSSR count). The molecule has 0 unspecified atom stereocenters. The van der Waals surface area contributed by atoms with Crippen molar-refractivity contribution in [2.75, 3.05) is 40.0 Å². The van der Waals surface area contributed by atoms with E-state index in [1.807, 2.05) is 0 Å². The molecule has 3 N–H and O–H groups in total. The summed E-state index contributed by atoms with van der Waals surface area (Å²) >= 11 is 0. The van der Waals surface area contributed by atoms with Gasteiger partial charge in [0.1, 0.15) is 0 Å². The number of guanidine groups is 1. The molecule has 0 aliphatic carbocycles. The minimum absolute atomic E-state index is 0. The molecule has 0 atom stereocenters. The summed E-state index contributed by atoms with van der Waals surface area (Å²) in [5.41, 5.74) is 5.76. The van der Waals surface area contributed by atoms with Gasteiger partial charge in [0.15, 0.2) is 5.96 Å². The Hall–Kier alpha value is -0.0800. The fourth-order valence-corrected chi connectivity index (χ4v) is 1.58. The van der Waals surface area contributed by atoms with Crippen LogP contribution in [0.4, 0.5) is 0 Å². The summed E-state index contributed by atoms with van der Waals surface area (Å²) in [6, 6.07) is 0. The number of methoxy groups -OCH3 is 1. The number of hydrogen-bond acceptors (Lipinski definition) is 3. The van der Waals surface area contributed by atoms with E-state index in [1.165, 1.54) is 19.3 Å². The van der Waals surface area contributed by atoms with Crippen LogP contribution in [0.2, 0.25) is 0 Å². The molecule has 0 amide bonds. The Morgan fingerprint density at radius 3 is 2.55 bits per heavy atom. The van der Waals surface area contributed by atoms with Crippen molar-refractivity contribution in [1.29, 1.82) is 0 Å². The number of hydrogen-bond donors (Lipinski definition) is 2. The lowest BCUT2D eigenvalue weighted by Gasteiger charge is -2.06. The van der Waals surface area contributed by atoms with E-state index in [1.54, 1.807) is 7.11 Å². The van der Waals surface area contributed by atoms with Crippen LogP contribution < -0.4 is 11.1 Å². The number of nitrogens with one attached hydrogen (secondary N) is 1. The lowest BCUT2D eigenvalue weighted by molar-refractivity contribution is 0.0689. The zero-order chi connectivity index (χ0) is 14.2. The first-order chi connectivity index (χ1) is 9.31. The van der Waals surface area contributed by atoms with Crippen molar-refractivity contribution in [3.05, 3.63) is 0 Å². The number of aliphatic imine (C=N–C) groups is 1. The van der Waals surface area contributed by atoms with Crippen LogP contribution in [0, 0.1) is 0 Å². The minimum Gasteiger partial charge on any atom is -0.382 e. The van der Waals surface area contributed by atoms with Crippen molar-refractivity contribution in [2.24, 2.45) is 10.7 Å². The van der Waals surface area contributed by atoms with Crippen molar-refractivity contribution in [1.82, 2.24) is 5.32 Å². The van der Waals surface area contributed by atoms with Crippen LogP contribution in [0.3, 0.4) is 0 Å². The van der Waals surface area contributed by atoms with Crippen LogP contribution in [-0.4, -0.2) is 46.0 Å². The first kappa shape index (κ1) is 22.2. The van der Waals surface area contributed by atoms with E-state index in [0.29, 0.717) is 19.2 Å². The van der Waals surface area contributed by atoms with Gasteiger partial charge in [0, 0.05) is 26.8 Å². The Kier molecular flexibility index (Phi) is 21.0. The van der Waals surface area contributed by atoms with Crippen molar-refractivity contribution in [2.45, 2.75) is 45.4 Å². The lowest BCUT2D eigenvalue weighted by Crippen LogP contribution is -2.32. The molecule has 0 radical (unpaired) electrons. The fourth-order valence-electron chi connectivity index (χ4n) is 1.58. The molecule has 5 nitrogen and oxygen atoms in total. The van der Waals surface area contributed by atoms with Crippen LogP contribution in [0.5, 0.6) is 0 Å². The van der Waals surface area contributed by atoms with Gasteiger partial charge in [-0.25, -0.2) is 0 Å². The van der Waals surface area contributed by atoms with Crippen LogP contribution in [0.15, 0.2) is 4.99 Å². The molecule has 122 valence electrons. The van der Waals surface area contributed by atoms with Crippen LogP contribution in [0.25, 0.3) is 0 Å². The van der Waals surface area contributed by atoms with Gasteiger partial charge in [-0.15, -0.1) is 24.0 Å². The van der Waals surface area contributed by atoms with Gasteiger partial charge >= 0.3 is 0 Å². The molecule has 0 spiro atoms. The summed E-state index contributed by atoms with van der Waals surface area (Å²) in [7, 11) is 1.68. The van der Waals surface area contributed by atoms with E-state index in [-0.39, 0.29) is 24.0 Å². The Morgan fingerprint density at radius 1 is 1.05 bits per heavy atom. The number of nitrogens with zero attached hydrogens (tertiary/aromatic N) is 1. The monoisotopic (exact) mass is 401 g/mol. The normalized spacial score (nSPS) is 11.2. The van der Waals surface area contributed by atoms with Crippen molar-refractivity contribution >= 4 is 29.9 Å². The van der Waals surface area contributed by atoms with E-state index in [2.05, 4.69) is 17.2 Å². The fraction of sp³-hybridized carbons (Fsp3) is 0.929. The summed E-state index contributed by atoms with van der Waals surface area (Å²) in [6.07, 6.45) is 6.98. The highest BCUT2D eigenvalue weighted by Gasteiger charge is 1.93. The minimum atomic E-state index is 0. The zero-order valence-electron chi connectivity index (χ0n) is 13.0. The smallest absolute Gasteiger partial charge is 0.188 e. The van der Waals surface area contributed by atoms with Gasteiger partial charge in [0.25, 0.3) is 0 Å². The highest BCUT2D eigenvalue weighted by molar-refractivity contribution is 14.0. The Labute approximate surface area is 141 Å². The maximum Gasteiger partial charge on any atom is 0.188 e. The topological polar surface area (TPSA) is 68.9 Å². The van der Waals surface area contributed by atoms with Crippen molar-refractivity contribution in [3.63, 3.8) is 0 Å². The average Bonchev–Trinajstić information content (AvgIpc) is 2.41. The van der Waals surface area contributed by atoms with Crippen LogP contribution in [0.1, 0.15) is 45.4 Å². The van der Waals surface area contributed by atoms with E-state index < -0.39 is 0 Å². The average molecular weight is 401 g/mol. The molecule has 0 aliphatic heterocycles. The van der Waals surface area contributed by atoms with Gasteiger partial charge in [-0.3, -0.25) is 4.99 Å². The molecule has 0 aromatic rings. The maximum atomic E-state index is 5.76. The molecule has 20 heavy (non-hydrogen) atoms. The standard InChI is InChI=1S/C14H31N3O2.HI/c1-3-4-5-6-9-16-14(15)17-10-7-8-11-19-13-12-18-2;/h3-13H2,1-2H3,(H3,15,16,17);1H. The number of nitrogens with two attached hydrogens (primary N) is 1. The Balaban J connectivity index is 0. The van der Waals surface area contributed by atoms with Crippen LogP contribution >= 0.6 is 24.0 Å². The summed E-state index contributed by atoms with van der Waals surface area (Å²) in [6.45, 7) is 6.01. The number of halogens is 1. The summed E-state index contributed by atoms with van der Waals surface area (Å²) in [5.74, 6) is 0.566. The maximum absolute atomic E-state index is 5.76. The quantitative estimate of drug-likeness (QED) is 0.215. The highest BCUT2D eigenvalue weighted by atomic mass is 127. The third-order valence-electron chi connectivity index (χ3n) is 2.75. The van der Waals surface area contributed by atoms with Crippen LogP contribution in [-0.2, 0) is 9.47 Å². The number of unbranched alkanes of at least 4 members (excludes halogenated alkanes) is 4. The second kappa shape index (κ2) is 18.9. The van der Waals surface area contributed by atoms with Gasteiger partial charge in [-0.05, 0) is 19.3 Å². The SMILES string of the molecule is CCCCCCN=C(N)NCCCCOCCOC.I. The van der Waals surface area contributed by atoms with E-state index in [0.717, 1.165) is 39.0 Å². The largest absolute Gasteiger partial charge is 0.382 e. The van der Waals surface area contributed by atoms with Gasteiger partial charge in [-0.2, -0.15) is 0 Å². The molecule has 0 heterocycles. The second-order valence-corrected chi connectivity index (χ2v) is 4.57. The summed E-state index contributed by atoms with van der Waals surface area (Å²) < 4.78 is 10.3. The van der Waals surface area contributed by atoms with E-state index in [4.69, 9.17) is 15.2 Å². The second-order valence-electron chi connectivity index (χ2n) is 4.57. The molecule has 0 saturated heterocycles. The predicted octanol–water partition coefficient (Wildman–Crippen LogP) is 2.53. The first-order valence-electron chi connectivity index (χ1n) is 7.41. The molecule has 6 heteroatoms. The van der Waals surface area contributed by atoms with Gasteiger partial charge in [-0.1, -0.05) is 26.2 Å². The lowest BCUT2D eigenvalue weighted by atomic mass is 10.2. The Morgan fingerprint density at radius 2 is 1.85 bits per heavy atom. The van der Waals surface area contributed by atoms with E-state index in [9.17, 15) is 0 Å². The third kappa shape index (κ3) is 17.9. The number of ether oxygens (including phenoxy) is 2. The molecular weight excluding hydrogens is 369 g/mol. The first-order valence-corrected chi connectivity index (χ1v) is 7.41. The third-order valence-corrected chi connectivity index (χ3v) is 2.75. The van der Waals surface area contributed by atoms with Gasteiger partial charge in [0.2, 0.25) is 0 Å². The highest BCUT2D eigenvalue weighted by Crippen LogP contribution is 1.98. The van der Waals surface area contributed by atoms with Gasteiger partial charge < -0.3 is 20.5 Å². The zero-order valence-corrected chi connectivity index (χ0v) is 15.4. The summed E-state index contributed by atoms with van der Waals surface area (Å²) in [4.78, 5) is 4.29. The summed E-state index contributed by atoms with van der Waals surface area (Å²) in [5, 5.41) is 3.12. The van der Waals surface area contributed by atoms with E-state index >= 15 is 0 Å². The van der Waals surface area contributed by atoms with Crippen molar-refractivity contribution < 1.29 is 9.47 Å². The molecule has 0 saturated carbocycles. The molecule has 0 aromatic carbocycles. The molecule has 0 aliphatic rings. The Bertz CT molecular complexity index is 217. The molecular formula is C14H32IN3O2.